The van der Waals surface area contributed by atoms with E-state index in [4.69, 9.17) is 4.74 Å². The van der Waals surface area contributed by atoms with Gasteiger partial charge in [0, 0.05) is 12.4 Å². The summed E-state index contributed by atoms with van der Waals surface area (Å²) in [5.74, 6) is -2.11. The Balaban J connectivity index is 2.30. The summed E-state index contributed by atoms with van der Waals surface area (Å²) in [6, 6.07) is 3.32. The molecule has 82 valence electrons. The topological polar surface area (TPSA) is 35.0 Å². The third-order valence-electron chi connectivity index (χ3n) is 1.71. The summed E-state index contributed by atoms with van der Waals surface area (Å²) in [7, 11) is 0. The van der Waals surface area contributed by atoms with Gasteiger partial charge in [0.2, 0.25) is 5.75 Å². The average molecular weight is 287 g/mol. The molecule has 0 amide bonds. The minimum Gasteiger partial charge on any atom is -0.418 e. The van der Waals surface area contributed by atoms with Crippen molar-refractivity contribution >= 4 is 15.9 Å². The Morgan fingerprint density at radius 3 is 2.19 bits per heavy atom. The molecule has 16 heavy (non-hydrogen) atoms. The van der Waals surface area contributed by atoms with Crippen molar-refractivity contribution in [3.63, 3.8) is 0 Å². The van der Waals surface area contributed by atoms with E-state index in [1.54, 1.807) is 0 Å². The van der Waals surface area contributed by atoms with Gasteiger partial charge in [-0.05, 0) is 28.1 Å². The number of hydrogen-bond donors (Lipinski definition) is 0. The van der Waals surface area contributed by atoms with Crippen molar-refractivity contribution < 1.29 is 13.5 Å². The highest BCUT2D eigenvalue weighted by atomic mass is 79.9. The van der Waals surface area contributed by atoms with Gasteiger partial charge in [-0.2, -0.15) is 0 Å². The second-order valence-electron chi connectivity index (χ2n) is 2.84. The zero-order valence-corrected chi connectivity index (χ0v) is 9.41. The van der Waals surface area contributed by atoms with E-state index in [-0.39, 0.29) is 6.01 Å². The second kappa shape index (κ2) is 4.52. The zero-order valence-electron chi connectivity index (χ0n) is 7.82. The van der Waals surface area contributed by atoms with Crippen LogP contribution in [-0.4, -0.2) is 9.97 Å². The lowest BCUT2D eigenvalue weighted by atomic mass is 10.3. The Bertz CT molecular complexity index is 484. The maximum Gasteiger partial charge on any atom is 0.322 e. The number of rotatable bonds is 2. The lowest BCUT2D eigenvalue weighted by Crippen LogP contribution is -1.95. The zero-order chi connectivity index (χ0) is 11.5. The van der Waals surface area contributed by atoms with Crippen molar-refractivity contribution in [3.05, 3.63) is 46.7 Å². The van der Waals surface area contributed by atoms with Crippen LogP contribution in [0.5, 0.6) is 11.8 Å². The predicted molar refractivity (Wildman–Crippen MR) is 56.2 cm³/mol. The first kappa shape index (κ1) is 10.9. The van der Waals surface area contributed by atoms with E-state index in [0.29, 0.717) is 4.47 Å². The number of aromatic nitrogens is 2. The van der Waals surface area contributed by atoms with Crippen molar-refractivity contribution in [2.24, 2.45) is 0 Å². The molecule has 6 heteroatoms. The molecule has 0 fully saturated rings. The average Bonchev–Trinajstić information content (AvgIpc) is 2.26. The van der Waals surface area contributed by atoms with Crippen molar-refractivity contribution in [2.75, 3.05) is 0 Å². The number of para-hydroxylation sites is 1. The molecule has 1 heterocycles. The normalized spacial score (nSPS) is 10.2. The van der Waals surface area contributed by atoms with Crippen LogP contribution in [0.25, 0.3) is 0 Å². The van der Waals surface area contributed by atoms with Crippen LogP contribution in [0, 0.1) is 11.6 Å². The highest BCUT2D eigenvalue weighted by Crippen LogP contribution is 2.25. The monoisotopic (exact) mass is 286 g/mol. The Morgan fingerprint density at radius 1 is 1.06 bits per heavy atom. The lowest BCUT2D eigenvalue weighted by Gasteiger charge is -2.05. The van der Waals surface area contributed by atoms with Gasteiger partial charge >= 0.3 is 6.01 Å². The van der Waals surface area contributed by atoms with Crippen molar-refractivity contribution in [2.45, 2.75) is 0 Å². The van der Waals surface area contributed by atoms with Gasteiger partial charge in [0.25, 0.3) is 0 Å². The smallest absolute Gasteiger partial charge is 0.322 e. The SMILES string of the molecule is Fc1cccc(F)c1Oc1ncc(Br)cn1. The van der Waals surface area contributed by atoms with Gasteiger partial charge in [0.05, 0.1) is 4.47 Å². The second-order valence-corrected chi connectivity index (χ2v) is 3.75. The first-order chi connectivity index (χ1) is 7.66. The fourth-order valence-corrected chi connectivity index (χ4v) is 1.23. The summed E-state index contributed by atoms with van der Waals surface area (Å²) in [4.78, 5) is 7.48. The highest BCUT2D eigenvalue weighted by Gasteiger charge is 2.11. The molecule has 3 nitrogen and oxygen atoms in total. The number of hydrogen-bond acceptors (Lipinski definition) is 3. The van der Waals surface area contributed by atoms with Gasteiger partial charge < -0.3 is 4.74 Å². The Hall–Kier alpha value is -1.56. The van der Waals surface area contributed by atoms with Gasteiger partial charge in [-0.25, -0.2) is 18.7 Å². The highest BCUT2D eigenvalue weighted by molar-refractivity contribution is 9.10. The van der Waals surface area contributed by atoms with Gasteiger partial charge in [0.15, 0.2) is 11.6 Å². The van der Waals surface area contributed by atoms with Gasteiger partial charge in [-0.15, -0.1) is 0 Å². The molecule has 0 aliphatic rings. The molecule has 0 atom stereocenters. The molecule has 0 radical (unpaired) electrons. The molecule has 0 unspecified atom stereocenters. The van der Waals surface area contributed by atoms with Crippen LogP contribution in [0.1, 0.15) is 0 Å². The Labute approximate surface area is 98.2 Å². The van der Waals surface area contributed by atoms with Crippen molar-refractivity contribution in [3.8, 4) is 11.8 Å². The molecule has 0 N–H and O–H groups in total. The standard InChI is InChI=1S/C10H5BrF2N2O/c11-6-4-14-10(15-5-6)16-9-7(12)2-1-3-8(9)13/h1-5H. The molecule has 0 saturated heterocycles. The number of halogens is 3. The number of nitrogens with zero attached hydrogens (tertiary/aromatic N) is 2. The first-order valence-corrected chi connectivity index (χ1v) is 5.05. The summed E-state index contributed by atoms with van der Waals surface area (Å²) < 4.78 is 31.9. The fraction of sp³-hybridized carbons (Fsp3) is 0. The first-order valence-electron chi connectivity index (χ1n) is 4.26. The molecule has 2 rings (SSSR count). The van der Waals surface area contributed by atoms with Crippen LogP contribution in [-0.2, 0) is 0 Å². The molecule has 0 bridgehead atoms. The lowest BCUT2D eigenvalue weighted by molar-refractivity contribution is 0.382. The van der Waals surface area contributed by atoms with E-state index < -0.39 is 17.4 Å². The van der Waals surface area contributed by atoms with Crippen LogP contribution >= 0.6 is 15.9 Å². The van der Waals surface area contributed by atoms with E-state index in [1.165, 1.54) is 18.5 Å². The van der Waals surface area contributed by atoms with Crippen LogP contribution < -0.4 is 4.74 Å². The van der Waals surface area contributed by atoms with E-state index in [0.717, 1.165) is 12.1 Å². The maximum atomic E-state index is 13.2. The van der Waals surface area contributed by atoms with E-state index in [1.807, 2.05) is 0 Å². The third-order valence-corrected chi connectivity index (χ3v) is 2.12. The molecule has 1 aromatic carbocycles. The van der Waals surface area contributed by atoms with Gasteiger partial charge in [0.1, 0.15) is 0 Å². The summed E-state index contributed by atoms with van der Waals surface area (Å²) in [6.45, 7) is 0. The van der Waals surface area contributed by atoms with Crippen molar-refractivity contribution in [1.82, 2.24) is 9.97 Å². The summed E-state index contributed by atoms with van der Waals surface area (Å²) in [6.07, 6.45) is 2.84. The minimum atomic E-state index is -0.800. The van der Waals surface area contributed by atoms with Gasteiger partial charge in [-0.3, -0.25) is 0 Å². The van der Waals surface area contributed by atoms with Crippen LogP contribution in [0.2, 0.25) is 0 Å². The molecule has 0 spiro atoms. The van der Waals surface area contributed by atoms with Crippen LogP contribution in [0.15, 0.2) is 35.1 Å². The summed E-state index contributed by atoms with van der Waals surface area (Å²) >= 11 is 3.13. The maximum absolute atomic E-state index is 13.2. The van der Waals surface area contributed by atoms with Crippen molar-refractivity contribution in [1.29, 1.82) is 0 Å². The van der Waals surface area contributed by atoms with E-state index >= 15 is 0 Å². The van der Waals surface area contributed by atoms with E-state index in [2.05, 4.69) is 25.9 Å². The van der Waals surface area contributed by atoms with Gasteiger partial charge in [-0.1, -0.05) is 6.07 Å². The molecular formula is C10H5BrF2N2O. The molecule has 1 aromatic heterocycles. The molecule has 0 saturated carbocycles. The Morgan fingerprint density at radius 2 is 1.62 bits per heavy atom. The summed E-state index contributed by atoms with van der Waals surface area (Å²) in [5, 5.41) is 0. The number of ether oxygens (including phenoxy) is 1. The van der Waals surface area contributed by atoms with Crippen LogP contribution in [0.4, 0.5) is 8.78 Å². The number of benzene rings is 1. The van der Waals surface area contributed by atoms with Crippen LogP contribution in [0.3, 0.4) is 0 Å². The predicted octanol–water partition coefficient (Wildman–Crippen LogP) is 3.31. The quantitative estimate of drug-likeness (QED) is 0.850. The minimum absolute atomic E-state index is 0.118. The molecule has 0 aliphatic heterocycles. The fourth-order valence-electron chi connectivity index (χ4n) is 1.02. The summed E-state index contributed by atoms with van der Waals surface area (Å²) in [5.41, 5.74) is 0. The Kier molecular flexibility index (Phi) is 3.09. The molecule has 2 aromatic rings. The largest absolute Gasteiger partial charge is 0.418 e. The molecule has 0 aliphatic carbocycles. The third kappa shape index (κ3) is 2.33. The van der Waals surface area contributed by atoms with E-state index in [9.17, 15) is 8.78 Å². The molecular weight excluding hydrogens is 282 g/mol.